The minimum atomic E-state index is -0.234. The highest BCUT2D eigenvalue weighted by Crippen LogP contribution is 2.26. The first-order chi connectivity index (χ1) is 9.88. The van der Waals surface area contributed by atoms with Gasteiger partial charge >= 0.3 is 0 Å². The van der Waals surface area contributed by atoms with Gasteiger partial charge in [-0.25, -0.2) is 5.43 Å². The fourth-order valence-corrected chi connectivity index (χ4v) is 2.46. The molecule has 0 spiro atoms. The molecule has 112 valence electrons. The Hall–Kier alpha value is -2.10. The summed E-state index contributed by atoms with van der Waals surface area (Å²) in [7, 11) is 0. The van der Waals surface area contributed by atoms with Crippen molar-refractivity contribution in [1.29, 1.82) is 0 Å². The summed E-state index contributed by atoms with van der Waals surface area (Å²) in [6, 6.07) is 1.73. The van der Waals surface area contributed by atoms with E-state index in [1.165, 1.54) is 0 Å². The predicted octanol–water partition coefficient (Wildman–Crippen LogP) is 3.91. The Morgan fingerprint density at radius 3 is 2.71 bits per heavy atom. The topological polar surface area (TPSA) is 54.6 Å². The Morgan fingerprint density at radius 2 is 2.14 bits per heavy atom. The number of amides is 1. The number of hydrogen-bond acceptors (Lipinski definition) is 3. The molecule has 0 bridgehead atoms. The van der Waals surface area contributed by atoms with Gasteiger partial charge < -0.3 is 4.42 Å². The van der Waals surface area contributed by atoms with Crippen molar-refractivity contribution < 1.29 is 9.21 Å². The lowest BCUT2D eigenvalue weighted by atomic mass is 9.85. The highest BCUT2D eigenvalue weighted by Gasteiger charge is 2.19. The van der Waals surface area contributed by atoms with E-state index in [-0.39, 0.29) is 5.91 Å². The van der Waals surface area contributed by atoms with Gasteiger partial charge in [0.1, 0.15) is 11.5 Å². The number of carbonyl (C=O) groups excluding carboxylic acids is 1. The Bertz CT molecular complexity index is 635. The number of aryl methyl sites for hydroxylation is 2. The zero-order valence-corrected chi connectivity index (χ0v) is 13.1. The van der Waals surface area contributed by atoms with Crippen LogP contribution in [0.25, 0.3) is 0 Å². The number of furan rings is 1. The van der Waals surface area contributed by atoms with E-state index in [0.717, 1.165) is 35.5 Å². The minimum Gasteiger partial charge on any atom is -0.466 e. The number of hydrogen-bond donors (Lipinski definition) is 1. The summed E-state index contributed by atoms with van der Waals surface area (Å²) >= 11 is 0. The summed E-state index contributed by atoms with van der Waals surface area (Å²) in [5, 5.41) is 4.29. The molecule has 2 rings (SSSR count). The Morgan fingerprint density at radius 1 is 1.43 bits per heavy atom. The zero-order chi connectivity index (χ0) is 15.6. The molecule has 0 aromatic carbocycles. The van der Waals surface area contributed by atoms with Crippen LogP contribution in [-0.2, 0) is 0 Å². The van der Waals surface area contributed by atoms with E-state index in [4.69, 9.17) is 4.42 Å². The van der Waals surface area contributed by atoms with Crippen molar-refractivity contribution in [3.05, 3.63) is 47.0 Å². The summed E-state index contributed by atoms with van der Waals surface area (Å²) in [6.07, 6.45) is 3.97. The van der Waals surface area contributed by atoms with Crippen LogP contribution >= 0.6 is 0 Å². The smallest absolute Gasteiger partial charge is 0.274 e. The molecule has 1 aliphatic carbocycles. The van der Waals surface area contributed by atoms with Gasteiger partial charge in [0.05, 0.1) is 11.3 Å². The molecule has 1 atom stereocenters. The minimum absolute atomic E-state index is 0.234. The molecular formula is C17H22N2O2. The van der Waals surface area contributed by atoms with Crippen molar-refractivity contribution in [3.8, 4) is 0 Å². The van der Waals surface area contributed by atoms with Gasteiger partial charge in [-0.2, -0.15) is 5.10 Å². The van der Waals surface area contributed by atoms with E-state index in [2.05, 4.69) is 23.2 Å². The molecule has 0 saturated carbocycles. The summed E-state index contributed by atoms with van der Waals surface area (Å²) in [6.45, 7) is 11.7. The lowest BCUT2D eigenvalue weighted by molar-refractivity contribution is 0.0953. The molecule has 1 amide bonds. The quantitative estimate of drug-likeness (QED) is 0.676. The molecule has 1 aromatic rings. The van der Waals surface area contributed by atoms with E-state index in [1.807, 2.05) is 20.8 Å². The fourth-order valence-electron chi connectivity index (χ4n) is 2.46. The van der Waals surface area contributed by atoms with Gasteiger partial charge in [0.25, 0.3) is 5.91 Å². The van der Waals surface area contributed by atoms with Crippen molar-refractivity contribution in [1.82, 2.24) is 5.43 Å². The number of rotatable bonds is 3. The van der Waals surface area contributed by atoms with Crippen molar-refractivity contribution >= 4 is 11.6 Å². The van der Waals surface area contributed by atoms with Crippen LogP contribution in [0.2, 0.25) is 0 Å². The third kappa shape index (κ3) is 3.51. The van der Waals surface area contributed by atoms with Crippen LogP contribution in [-0.4, -0.2) is 11.6 Å². The number of allylic oxidation sites excluding steroid dienone is 3. The van der Waals surface area contributed by atoms with Gasteiger partial charge in [0.2, 0.25) is 0 Å². The number of nitrogens with one attached hydrogen (secondary N) is 1. The molecule has 4 heteroatoms. The maximum Gasteiger partial charge on any atom is 0.274 e. The van der Waals surface area contributed by atoms with Crippen LogP contribution in [0.5, 0.6) is 0 Å². The van der Waals surface area contributed by atoms with E-state index < -0.39 is 0 Å². The normalized spacial score (nSPS) is 20.3. The van der Waals surface area contributed by atoms with Crippen LogP contribution in [0.15, 0.2) is 39.4 Å². The molecular weight excluding hydrogens is 264 g/mol. The van der Waals surface area contributed by atoms with Gasteiger partial charge in [-0.15, -0.1) is 0 Å². The average molecular weight is 286 g/mol. The summed E-state index contributed by atoms with van der Waals surface area (Å²) in [5.74, 6) is 1.51. The van der Waals surface area contributed by atoms with Crippen LogP contribution in [0, 0.1) is 19.8 Å². The van der Waals surface area contributed by atoms with Crippen LogP contribution < -0.4 is 5.43 Å². The summed E-state index contributed by atoms with van der Waals surface area (Å²) in [4.78, 5) is 12.1. The van der Waals surface area contributed by atoms with Crippen molar-refractivity contribution in [2.45, 2.75) is 40.5 Å². The first kappa shape index (κ1) is 15.3. The molecule has 0 saturated heterocycles. The van der Waals surface area contributed by atoms with Crippen molar-refractivity contribution in [2.24, 2.45) is 11.0 Å². The molecule has 0 unspecified atom stereocenters. The Kier molecular flexibility index (Phi) is 4.46. The number of carbonyl (C=O) groups is 1. The largest absolute Gasteiger partial charge is 0.466 e. The highest BCUT2D eigenvalue weighted by molar-refractivity contribution is 6.02. The van der Waals surface area contributed by atoms with E-state index in [1.54, 1.807) is 13.0 Å². The molecule has 0 fully saturated rings. The molecule has 0 radical (unpaired) electrons. The van der Waals surface area contributed by atoms with Crippen LogP contribution in [0.3, 0.4) is 0 Å². The van der Waals surface area contributed by atoms with Gasteiger partial charge in [-0.3, -0.25) is 4.79 Å². The first-order valence-corrected chi connectivity index (χ1v) is 7.15. The van der Waals surface area contributed by atoms with E-state index >= 15 is 0 Å². The van der Waals surface area contributed by atoms with E-state index in [0.29, 0.717) is 17.2 Å². The van der Waals surface area contributed by atoms with Gasteiger partial charge in [0, 0.05) is 0 Å². The lowest BCUT2D eigenvalue weighted by Gasteiger charge is -2.22. The lowest BCUT2D eigenvalue weighted by Crippen LogP contribution is -2.23. The summed E-state index contributed by atoms with van der Waals surface area (Å²) in [5.41, 5.74) is 6.35. The Labute approximate surface area is 125 Å². The first-order valence-electron chi connectivity index (χ1n) is 7.15. The second-order valence-electron chi connectivity index (χ2n) is 5.70. The molecule has 1 aromatic heterocycles. The molecule has 21 heavy (non-hydrogen) atoms. The second-order valence-corrected chi connectivity index (χ2v) is 5.70. The number of hydrazone groups is 1. The standard InChI is InChI=1S/C17H22N2O2/c1-10(2)14-7-6-11(3)16(9-14)18-19-17(20)15-8-12(4)21-13(15)5/h6,8,14H,1,7,9H2,2-5H3,(H,19,20)/b18-16-/t14-/m0/s1. The molecule has 4 nitrogen and oxygen atoms in total. The molecule has 1 N–H and O–H groups in total. The molecule has 1 aliphatic rings. The number of nitrogens with zero attached hydrogens (tertiary/aromatic N) is 1. The van der Waals surface area contributed by atoms with E-state index in [9.17, 15) is 4.79 Å². The zero-order valence-electron chi connectivity index (χ0n) is 13.1. The Balaban J connectivity index is 2.11. The summed E-state index contributed by atoms with van der Waals surface area (Å²) < 4.78 is 5.36. The van der Waals surface area contributed by atoms with Crippen LogP contribution in [0.1, 0.15) is 48.6 Å². The van der Waals surface area contributed by atoms with Crippen molar-refractivity contribution in [2.75, 3.05) is 0 Å². The third-order valence-electron chi connectivity index (χ3n) is 3.88. The van der Waals surface area contributed by atoms with Gasteiger partial charge in [-0.1, -0.05) is 18.2 Å². The average Bonchev–Trinajstić information content (AvgIpc) is 2.76. The fraction of sp³-hybridized carbons (Fsp3) is 0.412. The SMILES string of the molecule is C=C(C)[C@H]1CC=C(C)/C(=N\NC(=O)c2cc(C)oc2C)C1. The van der Waals surface area contributed by atoms with Gasteiger partial charge in [0.15, 0.2) is 0 Å². The highest BCUT2D eigenvalue weighted by atomic mass is 16.3. The monoisotopic (exact) mass is 286 g/mol. The maximum absolute atomic E-state index is 12.1. The van der Waals surface area contributed by atoms with Crippen LogP contribution in [0.4, 0.5) is 0 Å². The second kappa shape index (κ2) is 6.12. The third-order valence-corrected chi connectivity index (χ3v) is 3.88. The van der Waals surface area contributed by atoms with Crippen molar-refractivity contribution in [3.63, 3.8) is 0 Å². The predicted molar refractivity (Wildman–Crippen MR) is 84.4 cm³/mol. The molecule has 1 heterocycles. The maximum atomic E-state index is 12.1. The van der Waals surface area contributed by atoms with Gasteiger partial charge in [-0.05, 0) is 58.1 Å². The molecule has 0 aliphatic heterocycles.